The first-order valence-corrected chi connectivity index (χ1v) is 5.55. The number of aromatic carboxylic acids is 1. The summed E-state index contributed by atoms with van der Waals surface area (Å²) in [5, 5.41) is 8.88. The van der Waals surface area contributed by atoms with Crippen molar-refractivity contribution in [2.45, 2.75) is 6.42 Å². The van der Waals surface area contributed by atoms with Gasteiger partial charge in [-0.15, -0.1) is 0 Å². The van der Waals surface area contributed by atoms with Gasteiger partial charge < -0.3 is 9.84 Å². The zero-order valence-corrected chi connectivity index (χ0v) is 9.46. The number of hydrogen-bond acceptors (Lipinski definition) is 4. The standard InChI is InChI=1S/C13H10N2O3/c16-13(17)11-7-14-6-10(15-11)9-2-1-8-3-4-18-12(8)5-9/h1-2,5-7H,3-4H2,(H,16,17). The summed E-state index contributed by atoms with van der Waals surface area (Å²) in [5.74, 6) is -0.239. The van der Waals surface area contributed by atoms with Gasteiger partial charge in [0.2, 0.25) is 0 Å². The van der Waals surface area contributed by atoms with E-state index in [0.717, 1.165) is 17.7 Å². The summed E-state index contributed by atoms with van der Waals surface area (Å²) >= 11 is 0. The summed E-state index contributed by atoms with van der Waals surface area (Å²) in [4.78, 5) is 18.8. The molecule has 0 bridgehead atoms. The lowest BCUT2D eigenvalue weighted by Crippen LogP contribution is -2.02. The van der Waals surface area contributed by atoms with Gasteiger partial charge in [0.1, 0.15) is 5.75 Å². The summed E-state index contributed by atoms with van der Waals surface area (Å²) in [6.07, 6.45) is 3.69. The van der Waals surface area contributed by atoms with Crippen molar-refractivity contribution in [2.75, 3.05) is 6.61 Å². The monoisotopic (exact) mass is 242 g/mol. The topological polar surface area (TPSA) is 72.3 Å². The van der Waals surface area contributed by atoms with Crippen molar-refractivity contribution >= 4 is 5.97 Å². The molecular formula is C13H10N2O3. The third-order valence-electron chi connectivity index (χ3n) is 2.85. The van der Waals surface area contributed by atoms with Crippen LogP contribution in [0.15, 0.2) is 30.6 Å². The van der Waals surface area contributed by atoms with E-state index in [4.69, 9.17) is 9.84 Å². The van der Waals surface area contributed by atoms with Crippen molar-refractivity contribution in [1.82, 2.24) is 9.97 Å². The van der Waals surface area contributed by atoms with Crippen LogP contribution in [0.25, 0.3) is 11.3 Å². The van der Waals surface area contributed by atoms with Crippen LogP contribution in [0.4, 0.5) is 0 Å². The zero-order valence-electron chi connectivity index (χ0n) is 9.46. The van der Waals surface area contributed by atoms with E-state index in [9.17, 15) is 4.79 Å². The van der Waals surface area contributed by atoms with E-state index in [0.29, 0.717) is 12.3 Å². The highest BCUT2D eigenvalue weighted by atomic mass is 16.5. The maximum absolute atomic E-state index is 10.8. The van der Waals surface area contributed by atoms with Crippen molar-refractivity contribution in [2.24, 2.45) is 0 Å². The van der Waals surface area contributed by atoms with E-state index in [2.05, 4.69) is 9.97 Å². The van der Waals surface area contributed by atoms with Gasteiger partial charge in [-0.1, -0.05) is 12.1 Å². The van der Waals surface area contributed by atoms with Gasteiger partial charge >= 0.3 is 5.97 Å². The Morgan fingerprint density at radius 1 is 1.33 bits per heavy atom. The minimum absolute atomic E-state index is 0.0612. The molecule has 5 heteroatoms. The van der Waals surface area contributed by atoms with E-state index in [1.807, 2.05) is 18.2 Å². The van der Waals surface area contributed by atoms with Crippen LogP contribution < -0.4 is 4.74 Å². The highest BCUT2D eigenvalue weighted by Crippen LogP contribution is 2.29. The number of fused-ring (bicyclic) bond motifs is 1. The van der Waals surface area contributed by atoms with Gasteiger partial charge in [0.05, 0.1) is 24.7 Å². The molecular weight excluding hydrogens is 232 g/mol. The number of carbonyl (C=O) groups is 1. The lowest BCUT2D eigenvalue weighted by Gasteiger charge is -2.04. The SMILES string of the molecule is O=C(O)c1cncc(-c2ccc3c(c2)OCC3)n1. The summed E-state index contributed by atoms with van der Waals surface area (Å²) in [7, 11) is 0. The Morgan fingerprint density at radius 2 is 2.22 bits per heavy atom. The third kappa shape index (κ3) is 1.79. The molecule has 0 amide bonds. The predicted octanol–water partition coefficient (Wildman–Crippen LogP) is 1.78. The fraction of sp³-hybridized carbons (Fsp3) is 0.154. The molecule has 1 aliphatic rings. The van der Waals surface area contributed by atoms with Gasteiger partial charge in [0.25, 0.3) is 0 Å². The van der Waals surface area contributed by atoms with Gasteiger partial charge in [-0.25, -0.2) is 9.78 Å². The van der Waals surface area contributed by atoms with Crippen molar-refractivity contribution in [3.8, 4) is 17.0 Å². The fourth-order valence-electron chi connectivity index (χ4n) is 1.93. The van der Waals surface area contributed by atoms with Crippen molar-refractivity contribution in [3.05, 3.63) is 41.9 Å². The van der Waals surface area contributed by atoms with Gasteiger partial charge in [-0.3, -0.25) is 4.98 Å². The second kappa shape index (κ2) is 4.10. The average Bonchev–Trinajstić information content (AvgIpc) is 2.86. The van der Waals surface area contributed by atoms with Crippen LogP contribution in [0.5, 0.6) is 5.75 Å². The number of hydrogen-bond donors (Lipinski definition) is 1. The van der Waals surface area contributed by atoms with Crippen LogP contribution in [-0.2, 0) is 6.42 Å². The highest BCUT2D eigenvalue weighted by molar-refractivity contribution is 5.85. The molecule has 0 atom stereocenters. The maximum atomic E-state index is 10.8. The summed E-state index contributed by atoms with van der Waals surface area (Å²) in [5.41, 5.74) is 2.45. The van der Waals surface area contributed by atoms with Gasteiger partial charge in [-0.2, -0.15) is 0 Å². The number of ether oxygens (including phenoxy) is 1. The van der Waals surface area contributed by atoms with Crippen molar-refractivity contribution in [1.29, 1.82) is 0 Å². The maximum Gasteiger partial charge on any atom is 0.356 e. The Balaban J connectivity index is 2.04. The summed E-state index contributed by atoms with van der Waals surface area (Å²) < 4.78 is 5.47. The summed E-state index contributed by atoms with van der Waals surface area (Å²) in [6.45, 7) is 0.694. The minimum atomic E-state index is -1.08. The van der Waals surface area contributed by atoms with Crippen molar-refractivity contribution < 1.29 is 14.6 Å². The quantitative estimate of drug-likeness (QED) is 0.868. The molecule has 5 nitrogen and oxygen atoms in total. The number of carboxylic acid groups (broad SMARTS) is 1. The average molecular weight is 242 g/mol. The lowest BCUT2D eigenvalue weighted by molar-refractivity contribution is 0.0690. The molecule has 1 aromatic heterocycles. The molecule has 90 valence electrons. The van der Waals surface area contributed by atoms with E-state index in [1.165, 1.54) is 11.8 Å². The predicted molar refractivity (Wildman–Crippen MR) is 63.6 cm³/mol. The Bertz CT molecular complexity index is 625. The third-order valence-corrected chi connectivity index (χ3v) is 2.85. The van der Waals surface area contributed by atoms with E-state index in [-0.39, 0.29) is 5.69 Å². The Labute approximate surface area is 103 Å². The van der Waals surface area contributed by atoms with Gasteiger partial charge in [0, 0.05) is 12.0 Å². The molecule has 0 spiro atoms. The first-order valence-electron chi connectivity index (χ1n) is 5.55. The van der Waals surface area contributed by atoms with Crippen LogP contribution in [0.3, 0.4) is 0 Å². The Kier molecular flexibility index (Phi) is 2.44. The summed E-state index contributed by atoms with van der Waals surface area (Å²) in [6, 6.07) is 5.76. The van der Waals surface area contributed by atoms with E-state index >= 15 is 0 Å². The molecule has 2 heterocycles. The Morgan fingerprint density at radius 3 is 3.06 bits per heavy atom. The molecule has 0 saturated heterocycles. The number of carboxylic acids is 1. The number of rotatable bonds is 2. The molecule has 3 rings (SSSR count). The Hall–Kier alpha value is -2.43. The lowest BCUT2D eigenvalue weighted by atomic mass is 10.1. The molecule has 2 aromatic rings. The second-order valence-electron chi connectivity index (χ2n) is 4.02. The molecule has 0 radical (unpaired) electrons. The number of aromatic nitrogens is 2. The number of benzene rings is 1. The molecule has 0 saturated carbocycles. The fourth-order valence-corrected chi connectivity index (χ4v) is 1.93. The van der Waals surface area contributed by atoms with E-state index in [1.54, 1.807) is 6.20 Å². The van der Waals surface area contributed by atoms with Crippen LogP contribution in [0, 0.1) is 0 Å². The van der Waals surface area contributed by atoms with E-state index < -0.39 is 5.97 Å². The molecule has 0 unspecified atom stereocenters. The smallest absolute Gasteiger partial charge is 0.356 e. The molecule has 18 heavy (non-hydrogen) atoms. The van der Waals surface area contributed by atoms with Crippen molar-refractivity contribution in [3.63, 3.8) is 0 Å². The molecule has 1 aromatic carbocycles. The zero-order chi connectivity index (χ0) is 12.5. The number of nitrogens with zero attached hydrogens (tertiary/aromatic N) is 2. The first kappa shape index (κ1) is 10.7. The minimum Gasteiger partial charge on any atom is -0.493 e. The van der Waals surface area contributed by atoms with Crippen LogP contribution in [-0.4, -0.2) is 27.7 Å². The second-order valence-corrected chi connectivity index (χ2v) is 4.02. The molecule has 0 aliphatic carbocycles. The van der Waals surface area contributed by atoms with Crippen LogP contribution >= 0.6 is 0 Å². The van der Waals surface area contributed by atoms with Gasteiger partial charge in [-0.05, 0) is 11.6 Å². The first-order chi connectivity index (χ1) is 8.74. The van der Waals surface area contributed by atoms with Gasteiger partial charge in [0.15, 0.2) is 5.69 Å². The van der Waals surface area contributed by atoms with Crippen LogP contribution in [0.2, 0.25) is 0 Å². The normalized spacial score (nSPS) is 12.9. The highest BCUT2D eigenvalue weighted by Gasteiger charge is 2.14. The molecule has 0 fully saturated rings. The molecule has 1 N–H and O–H groups in total. The largest absolute Gasteiger partial charge is 0.493 e. The molecule has 1 aliphatic heterocycles. The van der Waals surface area contributed by atoms with Crippen LogP contribution in [0.1, 0.15) is 16.1 Å².